The van der Waals surface area contributed by atoms with Crippen molar-refractivity contribution >= 4 is 5.97 Å². The van der Waals surface area contributed by atoms with Gasteiger partial charge in [-0.1, -0.05) is 30.3 Å². The van der Waals surface area contributed by atoms with Gasteiger partial charge < -0.3 is 19.3 Å². The Morgan fingerprint density at radius 3 is 2.76 bits per heavy atom. The van der Waals surface area contributed by atoms with Gasteiger partial charge in [-0.15, -0.1) is 0 Å². The predicted molar refractivity (Wildman–Crippen MR) is 127 cm³/mol. The number of aliphatic carboxylic acids is 1. The largest absolute Gasteiger partial charge is 0.496 e. The first-order chi connectivity index (χ1) is 16.0. The van der Waals surface area contributed by atoms with Gasteiger partial charge in [-0.3, -0.25) is 4.79 Å². The van der Waals surface area contributed by atoms with Gasteiger partial charge in [0.15, 0.2) is 0 Å². The molecule has 5 rings (SSSR count). The van der Waals surface area contributed by atoms with Crippen molar-refractivity contribution in [3.8, 4) is 28.4 Å². The Kier molecular flexibility index (Phi) is 5.49. The molecule has 1 unspecified atom stereocenters. The molecule has 1 aliphatic heterocycles. The van der Waals surface area contributed by atoms with Crippen molar-refractivity contribution in [1.82, 2.24) is 0 Å². The van der Waals surface area contributed by atoms with Crippen LogP contribution in [0.1, 0.15) is 52.7 Å². The molecule has 0 saturated heterocycles. The second kappa shape index (κ2) is 8.47. The van der Waals surface area contributed by atoms with Gasteiger partial charge in [0, 0.05) is 17.5 Å². The number of benzene rings is 3. The molecule has 0 amide bonds. The van der Waals surface area contributed by atoms with Gasteiger partial charge in [-0.2, -0.15) is 0 Å². The van der Waals surface area contributed by atoms with Crippen LogP contribution in [0.2, 0.25) is 0 Å². The van der Waals surface area contributed by atoms with Crippen molar-refractivity contribution in [2.24, 2.45) is 0 Å². The topological polar surface area (TPSA) is 65.0 Å². The zero-order valence-electron chi connectivity index (χ0n) is 19.2. The fourth-order valence-electron chi connectivity index (χ4n) is 5.31. The molecule has 0 aromatic heterocycles. The first-order valence-corrected chi connectivity index (χ1v) is 11.4. The number of methoxy groups -OCH3 is 1. The van der Waals surface area contributed by atoms with E-state index in [9.17, 15) is 4.79 Å². The van der Waals surface area contributed by atoms with Crippen LogP contribution in [-0.2, 0) is 11.2 Å². The molecular weight excluding hydrogens is 416 g/mol. The number of carboxylic acid groups (broad SMARTS) is 1. The molecule has 0 fully saturated rings. The average molecular weight is 445 g/mol. The van der Waals surface area contributed by atoms with Crippen molar-refractivity contribution in [2.45, 2.75) is 45.1 Å². The fraction of sp³-hybridized carbons (Fsp3) is 0.321. The van der Waals surface area contributed by atoms with Gasteiger partial charge in [0.1, 0.15) is 23.4 Å². The lowest BCUT2D eigenvalue weighted by molar-refractivity contribution is -0.137. The van der Waals surface area contributed by atoms with Crippen LogP contribution in [0.15, 0.2) is 48.5 Å². The van der Waals surface area contributed by atoms with Crippen LogP contribution in [0.25, 0.3) is 11.1 Å². The Morgan fingerprint density at radius 2 is 1.97 bits per heavy atom. The molecule has 0 spiro atoms. The average Bonchev–Trinajstić information content (AvgIpc) is 3.38. The van der Waals surface area contributed by atoms with E-state index in [1.54, 1.807) is 7.11 Å². The summed E-state index contributed by atoms with van der Waals surface area (Å²) in [5, 5.41) is 9.12. The number of rotatable bonds is 6. The van der Waals surface area contributed by atoms with Crippen LogP contribution in [0.3, 0.4) is 0 Å². The van der Waals surface area contributed by atoms with Crippen molar-refractivity contribution in [2.75, 3.05) is 13.7 Å². The Bertz CT molecular complexity index is 1230. The Hall–Kier alpha value is -3.47. The molecule has 3 aromatic carbocycles. The van der Waals surface area contributed by atoms with Gasteiger partial charge in [0.05, 0.1) is 20.1 Å². The molecule has 170 valence electrons. The summed E-state index contributed by atoms with van der Waals surface area (Å²) in [5.41, 5.74) is 8.38. The lowest BCUT2D eigenvalue weighted by Gasteiger charge is -2.18. The summed E-state index contributed by atoms with van der Waals surface area (Å²) >= 11 is 0. The van der Waals surface area contributed by atoms with Crippen LogP contribution in [0.4, 0.5) is 0 Å². The van der Waals surface area contributed by atoms with E-state index in [4.69, 9.17) is 19.3 Å². The molecular formula is C28H28O5. The molecule has 2 atom stereocenters. The van der Waals surface area contributed by atoms with E-state index in [-0.39, 0.29) is 18.4 Å². The van der Waals surface area contributed by atoms with E-state index >= 15 is 0 Å². The highest BCUT2D eigenvalue weighted by atomic mass is 16.5. The third-order valence-corrected chi connectivity index (χ3v) is 6.89. The van der Waals surface area contributed by atoms with Crippen molar-refractivity contribution in [3.63, 3.8) is 0 Å². The summed E-state index contributed by atoms with van der Waals surface area (Å²) in [6, 6.07) is 16.4. The van der Waals surface area contributed by atoms with Gasteiger partial charge in [-0.25, -0.2) is 0 Å². The van der Waals surface area contributed by atoms with Crippen LogP contribution >= 0.6 is 0 Å². The minimum Gasteiger partial charge on any atom is -0.496 e. The number of carbonyl (C=O) groups is 1. The summed E-state index contributed by atoms with van der Waals surface area (Å²) in [4.78, 5) is 11.1. The third kappa shape index (κ3) is 3.82. The second-order valence-corrected chi connectivity index (χ2v) is 8.91. The zero-order valence-corrected chi connectivity index (χ0v) is 19.2. The molecule has 0 bridgehead atoms. The highest BCUT2D eigenvalue weighted by Crippen LogP contribution is 2.44. The summed E-state index contributed by atoms with van der Waals surface area (Å²) in [5.74, 6) is 1.47. The van der Waals surface area contributed by atoms with Gasteiger partial charge in [0.2, 0.25) is 0 Å². The highest BCUT2D eigenvalue weighted by Gasteiger charge is 2.30. The number of fused-ring (bicyclic) bond motifs is 2. The molecule has 0 saturated carbocycles. The first-order valence-electron chi connectivity index (χ1n) is 11.4. The number of ether oxygens (including phenoxy) is 3. The van der Waals surface area contributed by atoms with Crippen LogP contribution < -0.4 is 14.2 Å². The lowest BCUT2D eigenvalue weighted by atomic mass is 9.90. The molecule has 5 nitrogen and oxygen atoms in total. The summed E-state index contributed by atoms with van der Waals surface area (Å²) in [7, 11) is 1.71. The maximum Gasteiger partial charge on any atom is 0.304 e. The molecule has 2 aliphatic rings. The minimum absolute atomic E-state index is 0.0274. The van der Waals surface area contributed by atoms with Gasteiger partial charge in [0.25, 0.3) is 0 Å². The number of carboxylic acids is 1. The van der Waals surface area contributed by atoms with E-state index in [2.05, 4.69) is 38.1 Å². The third-order valence-electron chi connectivity index (χ3n) is 6.89. The molecule has 1 heterocycles. The van der Waals surface area contributed by atoms with Crippen molar-refractivity contribution in [1.29, 1.82) is 0 Å². The van der Waals surface area contributed by atoms with E-state index in [0.29, 0.717) is 6.61 Å². The van der Waals surface area contributed by atoms with Gasteiger partial charge in [-0.05, 0) is 72.2 Å². The van der Waals surface area contributed by atoms with Crippen LogP contribution in [-0.4, -0.2) is 24.8 Å². The molecule has 33 heavy (non-hydrogen) atoms. The van der Waals surface area contributed by atoms with Crippen molar-refractivity contribution in [3.05, 3.63) is 76.3 Å². The normalized spacial score (nSPS) is 18.4. The first kappa shape index (κ1) is 21.4. The maximum absolute atomic E-state index is 11.1. The standard InChI is InChI=1S/C28H28O5/c1-16-7-11-24(31-3)17(2)28(16)23-6-4-5-22-21(23)10-12-25(22)33-19-8-9-20-18(13-27(29)30)15-32-26(20)14-19/h4-9,11,14,18,25H,10,12-13,15H2,1-3H3,(H,29,30)/t18?,25-/m1/s1. The van der Waals surface area contributed by atoms with Crippen LogP contribution in [0.5, 0.6) is 17.2 Å². The Balaban J connectivity index is 1.43. The van der Waals surface area contributed by atoms with E-state index < -0.39 is 5.97 Å². The summed E-state index contributed by atoms with van der Waals surface area (Å²) in [6.45, 7) is 4.66. The molecule has 1 N–H and O–H groups in total. The molecule has 1 aliphatic carbocycles. The second-order valence-electron chi connectivity index (χ2n) is 8.91. The van der Waals surface area contributed by atoms with Crippen LogP contribution in [0, 0.1) is 13.8 Å². The Morgan fingerprint density at radius 1 is 1.12 bits per heavy atom. The summed E-state index contributed by atoms with van der Waals surface area (Å²) in [6.07, 6.45) is 1.91. The fourth-order valence-corrected chi connectivity index (χ4v) is 5.31. The summed E-state index contributed by atoms with van der Waals surface area (Å²) < 4.78 is 17.8. The van der Waals surface area contributed by atoms with Crippen molar-refractivity contribution < 1.29 is 24.1 Å². The quantitative estimate of drug-likeness (QED) is 0.505. The number of aryl methyl sites for hydroxylation is 1. The molecule has 0 radical (unpaired) electrons. The highest BCUT2D eigenvalue weighted by molar-refractivity contribution is 5.77. The zero-order chi connectivity index (χ0) is 23.1. The van der Waals surface area contributed by atoms with E-state index in [1.165, 1.54) is 27.8 Å². The Labute approximate surface area is 193 Å². The SMILES string of the molecule is COc1ccc(C)c(-c2cccc3c2CC[C@H]3Oc2ccc3c(c2)OCC3CC(=O)O)c1C. The van der Waals surface area contributed by atoms with Gasteiger partial charge >= 0.3 is 5.97 Å². The molecule has 3 aromatic rings. The van der Waals surface area contributed by atoms with E-state index in [0.717, 1.165) is 41.2 Å². The van der Waals surface area contributed by atoms with E-state index in [1.807, 2.05) is 24.3 Å². The number of hydrogen-bond donors (Lipinski definition) is 1. The smallest absolute Gasteiger partial charge is 0.304 e. The number of hydrogen-bond acceptors (Lipinski definition) is 4. The monoisotopic (exact) mass is 444 g/mol. The molecule has 5 heteroatoms. The predicted octanol–water partition coefficient (Wildman–Crippen LogP) is 6.00. The minimum atomic E-state index is -0.809. The maximum atomic E-state index is 11.1. The lowest BCUT2D eigenvalue weighted by Crippen LogP contribution is -2.07.